The van der Waals surface area contributed by atoms with Crippen LogP contribution in [0.15, 0.2) is 22.7 Å². The first-order chi connectivity index (χ1) is 7.46. The summed E-state index contributed by atoms with van der Waals surface area (Å²) in [6.07, 6.45) is 2.02. The Balaban J connectivity index is 2.13. The van der Waals surface area contributed by atoms with Crippen molar-refractivity contribution < 1.29 is 8.42 Å². The van der Waals surface area contributed by atoms with Crippen LogP contribution in [0, 0.1) is 5.92 Å². The standard InChI is InChI=1S/C10H13BrN2O2S/c11-8-3-4-10(9(12)5-8)13-16(14,15)6-7-1-2-7/h3-5,7,13H,1-2,6,12H2. The van der Waals surface area contributed by atoms with Gasteiger partial charge >= 0.3 is 0 Å². The van der Waals surface area contributed by atoms with Crippen LogP contribution in [-0.4, -0.2) is 14.2 Å². The highest BCUT2D eigenvalue weighted by Crippen LogP contribution is 2.31. The van der Waals surface area contributed by atoms with Crippen LogP contribution < -0.4 is 10.5 Å². The molecule has 16 heavy (non-hydrogen) atoms. The maximum Gasteiger partial charge on any atom is 0.233 e. The maximum absolute atomic E-state index is 11.7. The molecule has 6 heteroatoms. The van der Waals surface area contributed by atoms with Gasteiger partial charge in [0.2, 0.25) is 10.0 Å². The second-order valence-corrected chi connectivity index (χ2v) is 6.74. The minimum absolute atomic E-state index is 0.197. The lowest BCUT2D eigenvalue weighted by molar-refractivity contribution is 0.597. The third-order valence-corrected chi connectivity index (χ3v) is 4.37. The van der Waals surface area contributed by atoms with E-state index < -0.39 is 10.0 Å². The van der Waals surface area contributed by atoms with E-state index in [0.29, 0.717) is 17.3 Å². The zero-order valence-electron chi connectivity index (χ0n) is 8.61. The Kier molecular flexibility index (Phi) is 3.12. The lowest BCUT2D eigenvalue weighted by Gasteiger charge is -2.09. The summed E-state index contributed by atoms with van der Waals surface area (Å²) in [5.41, 5.74) is 6.59. The number of sulfonamides is 1. The lowest BCUT2D eigenvalue weighted by Crippen LogP contribution is -2.18. The molecular weight excluding hydrogens is 292 g/mol. The maximum atomic E-state index is 11.7. The van der Waals surface area contributed by atoms with Crippen molar-refractivity contribution in [2.75, 3.05) is 16.2 Å². The molecular formula is C10H13BrN2O2S. The van der Waals surface area contributed by atoms with Crippen molar-refractivity contribution in [3.63, 3.8) is 0 Å². The summed E-state index contributed by atoms with van der Waals surface area (Å²) >= 11 is 3.27. The van der Waals surface area contributed by atoms with Gasteiger partial charge in [-0.25, -0.2) is 8.42 Å². The lowest BCUT2D eigenvalue weighted by atomic mass is 10.3. The van der Waals surface area contributed by atoms with Crippen LogP contribution >= 0.6 is 15.9 Å². The Morgan fingerprint density at radius 3 is 2.69 bits per heavy atom. The fourth-order valence-electron chi connectivity index (χ4n) is 1.43. The molecule has 1 aliphatic rings. The fraction of sp³-hybridized carbons (Fsp3) is 0.400. The van der Waals surface area contributed by atoms with Gasteiger partial charge in [-0.1, -0.05) is 15.9 Å². The molecule has 0 aromatic heterocycles. The van der Waals surface area contributed by atoms with E-state index in [0.717, 1.165) is 17.3 Å². The largest absolute Gasteiger partial charge is 0.397 e. The normalized spacial score (nSPS) is 16.1. The van der Waals surface area contributed by atoms with Gasteiger partial charge in [-0.2, -0.15) is 0 Å². The van der Waals surface area contributed by atoms with Gasteiger partial charge in [0.05, 0.1) is 17.1 Å². The highest BCUT2D eigenvalue weighted by atomic mass is 79.9. The Morgan fingerprint density at radius 2 is 2.12 bits per heavy atom. The van der Waals surface area contributed by atoms with Crippen LogP contribution in [-0.2, 0) is 10.0 Å². The molecule has 0 saturated heterocycles. The second-order valence-electron chi connectivity index (χ2n) is 4.06. The number of nitrogens with two attached hydrogens (primary N) is 1. The molecule has 0 atom stereocenters. The topological polar surface area (TPSA) is 72.2 Å². The molecule has 1 saturated carbocycles. The molecule has 0 bridgehead atoms. The van der Waals surface area contributed by atoms with E-state index in [1.807, 2.05) is 0 Å². The van der Waals surface area contributed by atoms with Crippen LogP contribution in [0.3, 0.4) is 0 Å². The first-order valence-electron chi connectivity index (χ1n) is 5.02. The molecule has 88 valence electrons. The molecule has 0 heterocycles. The summed E-state index contributed by atoms with van der Waals surface area (Å²) in [5, 5.41) is 0. The van der Waals surface area contributed by atoms with Gasteiger partial charge in [0, 0.05) is 4.47 Å². The smallest absolute Gasteiger partial charge is 0.233 e. The first-order valence-corrected chi connectivity index (χ1v) is 7.46. The molecule has 2 rings (SSSR count). The van der Waals surface area contributed by atoms with Crippen LogP contribution in [0.4, 0.5) is 11.4 Å². The number of hydrogen-bond donors (Lipinski definition) is 2. The summed E-state index contributed by atoms with van der Waals surface area (Å²) in [4.78, 5) is 0. The molecule has 0 aliphatic heterocycles. The van der Waals surface area contributed by atoms with Crippen molar-refractivity contribution in [3.8, 4) is 0 Å². The molecule has 1 aromatic rings. The van der Waals surface area contributed by atoms with Crippen LogP contribution in [0.1, 0.15) is 12.8 Å². The monoisotopic (exact) mass is 304 g/mol. The molecule has 0 amide bonds. The molecule has 0 spiro atoms. The minimum Gasteiger partial charge on any atom is -0.397 e. The molecule has 1 aliphatic carbocycles. The predicted octanol–water partition coefficient (Wildman–Crippen LogP) is 2.18. The van der Waals surface area contributed by atoms with Gasteiger partial charge in [-0.05, 0) is 37.0 Å². The van der Waals surface area contributed by atoms with E-state index in [-0.39, 0.29) is 5.75 Å². The Morgan fingerprint density at radius 1 is 1.44 bits per heavy atom. The number of benzene rings is 1. The van der Waals surface area contributed by atoms with Crippen molar-refractivity contribution in [2.45, 2.75) is 12.8 Å². The second kappa shape index (κ2) is 4.25. The Bertz CT molecular complexity index is 498. The summed E-state index contributed by atoms with van der Waals surface area (Å²) in [5.74, 6) is 0.525. The van der Waals surface area contributed by atoms with Gasteiger partial charge in [0.15, 0.2) is 0 Å². The summed E-state index contributed by atoms with van der Waals surface area (Å²) < 4.78 is 26.8. The predicted molar refractivity (Wildman–Crippen MR) is 68.7 cm³/mol. The highest BCUT2D eigenvalue weighted by molar-refractivity contribution is 9.10. The van der Waals surface area contributed by atoms with E-state index in [2.05, 4.69) is 20.7 Å². The van der Waals surface area contributed by atoms with Gasteiger partial charge in [0.25, 0.3) is 0 Å². The summed E-state index contributed by atoms with van der Waals surface area (Å²) in [6, 6.07) is 5.09. The zero-order chi connectivity index (χ0) is 11.8. The average Bonchev–Trinajstić information content (AvgIpc) is 2.93. The first kappa shape index (κ1) is 11.7. The van der Waals surface area contributed by atoms with E-state index >= 15 is 0 Å². The van der Waals surface area contributed by atoms with E-state index in [9.17, 15) is 8.42 Å². The van der Waals surface area contributed by atoms with Crippen LogP contribution in [0.25, 0.3) is 0 Å². The quantitative estimate of drug-likeness (QED) is 0.838. The summed E-state index contributed by atoms with van der Waals surface area (Å²) in [7, 11) is -3.25. The van der Waals surface area contributed by atoms with Crippen LogP contribution in [0.5, 0.6) is 0 Å². The van der Waals surface area contributed by atoms with E-state index in [4.69, 9.17) is 5.73 Å². The molecule has 0 radical (unpaired) electrons. The third-order valence-electron chi connectivity index (χ3n) is 2.43. The fourth-order valence-corrected chi connectivity index (χ4v) is 3.37. The van der Waals surface area contributed by atoms with Crippen molar-refractivity contribution in [1.82, 2.24) is 0 Å². The molecule has 4 nitrogen and oxygen atoms in total. The molecule has 1 aromatic carbocycles. The number of nitrogens with one attached hydrogen (secondary N) is 1. The Labute approximate surface area is 103 Å². The average molecular weight is 305 g/mol. The van der Waals surface area contributed by atoms with Gasteiger partial charge in [0.1, 0.15) is 0 Å². The SMILES string of the molecule is Nc1cc(Br)ccc1NS(=O)(=O)CC1CC1. The van der Waals surface area contributed by atoms with Gasteiger partial charge in [-0.3, -0.25) is 4.72 Å². The number of hydrogen-bond acceptors (Lipinski definition) is 3. The zero-order valence-corrected chi connectivity index (χ0v) is 11.0. The summed E-state index contributed by atoms with van der Waals surface area (Å²) in [6.45, 7) is 0. The molecule has 1 fully saturated rings. The molecule has 3 N–H and O–H groups in total. The third kappa shape index (κ3) is 3.12. The molecule has 0 unspecified atom stereocenters. The van der Waals surface area contributed by atoms with Crippen molar-refractivity contribution in [1.29, 1.82) is 0 Å². The Hall–Kier alpha value is -0.750. The minimum atomic E-state index is -3.25. The van der Waals surface area contributed by atoms with Crippen molar-refractivity contribution >= 4 is 37.3 Å². The van der Waals surface area contributed by atoms with Crippen molar-refractivity contribution in [2.24, 2.45) is 5.92 Å². The number of anilines is 2. The number of rotatable bonds is 4. The number of halogens is 1. The number of nitrogen functional groups attached to an aromatic ring is 1. The van der Waals surface area contributed by atoms with Crippen LogP contribution in [0.2, 0.25) is 0 Å². The van der Waals surface area contributed by atoms with E-state index in [1.165, 1.54) is 0 Å². The van der Waals surface area contributed by atoms with E-state index in [1.54, 1.807) is 18.2 Å². The van der Waals surface area contributed by atoms with Crippen molar-refractivity contribution in [3.05, 3.63) is 22.7 Å². The highest BCUT2D eigenvalue weighted by Gasteiger charge is 2.28. The van der Waals surface area contributed by atoms with Gasteiger partial charge in [-0.15, -0.1) is 0 Å². The van der Waals surface area contributed by atoms with Gasteiger partial charge < -0.3 is 5.73 Å².